The fourth-order valence-electron chi connectivity index (χ4n) is 3.54. The Kier molecular flexibility index (Phi) is 9.70. The number of non-ortho nitro benzene ring substituents is 1. The number of benzene rings is 3. The molecule has 42 heavy (non-hydrogen) atoms. The molecule has 0 saturated heterocycles. The number of rotatable bonds is 10. The molecule has 3 rings (SSSR count). The van der Waals surface area contributed by atoms with Crippen molar-refractivity contribution < 1.29 is 47.5 Å². The topological polar surface area (TPSA) is 188 Å². The van der Waals surface area contributed by atoms with Crippen LogP contribution in [0.1, 0.15) is 42.2 Å². The molecule has 3 aromatic rings. The number of carboxylic acids is 1. The number of carbonyl (C=O) groups is 4. The molecule has 0 heterocycles. The van der Waals surface area contributed by atoms with E-state index in [9.17, 15) is 52.7 Å². The third-order valence-corrected chi connectivity index (χ3v) is 5.94. The van der Waals surface area contributed by atoms with Gasteiger partial charge in [0, 0.05) is 36.3 Å². The van der Waals surface area contributed by atoms with E-state index in [2.05, 4.69) is 10.6 Å². The number of aliphatic carboxylic acids is 1. The molecule has 0 saturated carbocycles. The summed E-state index contributed by atoms with van der Waals surface area (Å²) in [6.07, 6.45) is -5.00. The second kappa shape index (κ2) is 13.0. The molecule has 12 nitrogen and oxygen atoms in total. The number of hydrogen-bond acceptors (Lipinski definition) is 7. The summed E-state index contributed by atoms with van der Waals surface area (Å²) in [5.41, 5.74) is -2.78. The molecule has 3 aromatic carbocycles. The Morgan fingerprint density at radius 3 is 2.21 bits per heavy atom. The van der Waals surface area contributed by atoms with Gasteiger partial charge < -0.3 is 26.2 Å². The summed E-state index contributed by atoms with van der Waals surface area (Å²) in [4.78, 5) is 59.1. The molecule has 5 N–H and O–H groups in total. The van der Waals surface area contributed by atoms with Gasteiger partial charge in [0.1, 0.15) is 11.8 Å². The molecule has 220 valence electrons. The summed E-state index contributed by atoms with van der Waals surface area (Å²) < 4.78 is 39.3. The number of phenolic OH excluding ortho intramolecular Hbond substituents is 1. The van der Waals surface area contributed by atoms with Crippen LogP contribution in [-0.2, 0) is 17.5 Å². The predicted molar refractivity (Wildman–Crippen MR) is 140 cm³/mol. The number of nitro groups is 1. The van der Waals surface area contributed by atoms with Gasteiger partial charge in [0.25, 0.3) is 23.4 Å². The highest BCUT2D eigenvalue weighted by molar-refractivity contribution is 6.34. The van der Waals surface area contributed by atoms with E-state index >= 15 is 0 Å². The van der Waals surface area contributed by atoms with Crippen LogP contribution >= 0.6 is 11.6 Å². The smallest absolute Gasteiger partial charge is 0.416 e. The van der Waals surface area contributed by atoms with Gasteiger partial charge in [-0.2, -0.15) is 13.2 Å². The number of amides is 3. The van der Waals surface area contributed by atoms with Crippen LogP contribution in [0.15, 0.2) is 60.7 Å². The lowest BCUT2D eigenvalue weighted by Gasteiger charge is -2.16. The first-order chi connectivity index (χ1) is 19.6. The normalized spacial score (nSPS) is 11.7. The van der Waals surface area contributed by atoms with Gasteiger partial charge in [-0.1, -0.05) is 23.7 Å². The first kappa shape index (κ1) is 31.3. The molecule has 0 radical (unpaired) electrons. The molecular weight excluding hydrogens is 589 g/mol. The molecule has 0 unspecified atom stereocenters. The molecule has 3 amide bonds. The standard InChI is InChI=1S/C26H20ClF3N4O8/c27-20-9-14(22(36)31-11-13-2-1-3-18(35)6-13)4-5-19(20)24(38)33-21(25(39)40)12-32-23(37)15-7-16(26(28,29)30)10-17(8-15)34(41)42/h1-10,21,35H,11-12H2,(H,31,36)(H,32,37)(H,33,38)(H,39,40)/t21-/m0/s1. The maximum absolute atomic E-state index is 13.1. The lowest BCUT2D eigenvalue weighted by atomic mass is 10.1. The molecule has 0 aliphatic rings. The van der Waals surface area contributed by atoms with Crippen LogP contribution in [0.2, 0.25) is 5.02 Å². The maximum Gasteiger partial charge on any atom is 0.416 e. The van der Waals surface area contributed by atoms with E-state index in [1.165, 1.54) is 18.2 Å². The van der Waals surface area contributed by atoms with Gasteiger partial charge in [-0.05, 0) is 42.0 Å². The molecule has 0 aliphatic carbocycles. The predicted octanol–water partition coefficient (Wildman–Crippen LogP) is 3.52. The van der Waals surface area contributed by atoms with Crippen molar-refractivity contribution in [3.05, 3.63) is 104 Å². The van der Waals surface area contributed by atoms with E-state index in [0.29, 0.717) is 17.7 Å². The average Bonchev–Trinajstić information content (AvgIpc) is 2.92. The minimum Gasteiger partial charge on any atom is -0.508 e. The van der Waals surface area contributed by atoms with Gasteiger partial charge in [-0.25, -0.2) is 4.79 Å². The second-order valence-corrected chi connectivity index (χ2v) is 9.05. The first-order valence-electron chi connectivity index (χ1n) is 11.7. The minimum atomic E-state index is -5.00. The van der Waals surface area contributed by atoms with Crippen molar-refractivity contribution in [1.82, 2.24) is 16.0 Å². The van der Waals surface area contributed by atoms with Gasteiger partial charge in [-0.15, -0.1) is 0 Å². The number of halogens is 4. The summed E-state index contributed by atoms with van der Waals surface area (Å²) in [5, 5.41) is 36.5. The first-order valence-corrected chi connectivity index (χ1v) is 12.1. The van der Waals surface area contributed by atoms with Crippen LogP contribution in [0, 0.1) is 10.1 Å². The number of phenols is 1. The average molecular weight is 609 g/mol. The number of nitro benzene ring substituents is 1. The van der Waals surface area contributed by atoms with Gasteiger partial charge in [-0.3, -0.25) is 24.5 Å². The molecular formula is C26H20ClF3N4O8. The van der Waals surface area contributed by atoms with Crippen molar-refractivity contribution in [3.8, 4) is 5.75 Å². The molecule has 0 aliphatic heterocycles. The minimum absolute atomic E-state index is 0.0130. The summed E-state index contributed by atoms with van der Waals surface area (Å²) in [6.45, 7) is -0.732. The Morgan fingerprint density at radius 1 is 0.929 bits per heavy atom. The summed E-state index contributed by atoms with van der Waals surface area (Å²) in [7, 11) is 0. The van der Waals surface area contributed by atoms with E-state index in [-0.39, 0.29) is 34.5 Å². The summed E-state index contributed by atoms with van der Waals surface area (Å²) >= 11 is 6.13. The molecule has 0 spiro atoms. The number of nitrogens with zero attached hydrogens (tertiary/aromatic N) is 1. The fourth-order valence-corrected chi connectivity index (χ4v) is 3.80. The van der Waals surface area contributed by atoms with Crippen molar-refractivity contribution in [2.75, 3.05) is 6.54 Å². The van der Waals surface area contributed by atoms with Crippen molar-refractivity contribution in [2.45, 2.75) is 18.8 Å². The summed E-state index contributed by atoms with van der Waals surface area (Å²) in [5.74, 6) is -4.45. The number of carboxylic acid groups (broad SMARTS) is 1. The SMILES string of the molecule is O=C(NCc1cccc(O)c1)c1ccc(C(=O)N[C@@H](CNC(=O)c2cc([N+](=O)[O-])cc(C(F)(F)F)c2)C(=O)O)c(Cl)c1. The quantitative estimate of drug-likeness (QED) is 0.171. The van der Waals surface area contributed by atoms with Crippen molar-refractivity contribution in [1.29, 1.82) is 0 Å². The molecule has 1 atom stereocenters. The second-order valence-electron chi connectivity index (χ2n) is 8.64. The Hall–Kier alpha value is -5.18. The van der Waals surface area contributed by atoms with E-state index in [1.54, 1.807) is 12.1 Å². The van der Waals surface area contributed by atoms with E-state index < -0.39 is 64.2 Å². The highest BCUT2D eigenvalue weighted by Gasteiger charge is 2.33. The van der Waals surface area contributed by atoms with Crippen molar-refractivity contribution >= 4 is 41.0 Å². The van der Waals surface area contributed by atoms with Crippen LogP contribution in [0.3, 0.4) is 0 Å². The van der Waals surface area contributed by atoms with Crippen LogP contribution < -0.4 is 16.0 Å². The highest BCUT2D eigenvalue weighted by atomic mass is 35.5. The monoisotopic (exact) mass is 608 g/mol. The van der Waals surface area contributed by atoms with E-state index in [4.69, 9.17) is 11.6 Å². The maximum atomic E-state index is 13.1. The zero-order valence-corrected chi connectivity index (χ0v) is 21.8. The third kappa shape index (κ3) is 8.17. The number of hydrogen-bond donors (Lipinski definition) is 5. The Morgan fingerprint density at radius 2 is 1.62 bits per heavy atom. The largest absolute Gasteiger partial charge is 0.508 e. The van der Waals surface area contributed by atoms with Gasteiger partial charge in [0.2, 0.25) is 0 Å². The van der Waals surface area contributed by atoms with E-state index in [0.717, 1.165) is 12.1 Å². The van der Waals surface area contributed by atoms with E-state index in [1.807, 2.05) is 5.32 Å². The number of nitrogens with one attached hydrogen (secondary N) is 3. The van der Waals surface area contributed by atoms with Gasteiger partial charge >= 0.3 is 12.1 Å². The molecule has 0 aromatic heterocycles. The number of aromatic hydroxyl groups is 1. The zero-order valence-electron chi connectivity index (χ0n) is 21.1. The zero-order chi connectivity index (χ0) is 31.2. The van der Waals surface area contributed by atoms with Crippen LogP contribution in [0.5, 0.6) is 5.75 Å². The van der Waals surface area contributed by atoms with Crippen molar-refractivity contribution in [2.24, 2.45) is 0 Å². The van der Waals surface area contributed by atoms with Crippen LogP contribution in [0.25, 0.3) is 0 Å². The van der Waals surface area contributed by atoms with Crippen LogP contribution in [-0.4, -0.2) is 51.4 Å². The molecule has 0 fully saturated rings. The molecule has 0 bridgehead atoms. The van der Waals surface area contributed by atoms with Gasteiger partial charge in [0.05, 0.1) is 21.1 Å². The number of alkyl halides is 3. The Balaban J connectivity index is 1.67. The fraction of sp³-hybridized carbons (Fsp3) is 0.154. The third-order valence-electron chi connectivity index (χ3n) is 5.63. The van der Waals surface area contributed by atoms with Crippen LogP contribution in [0.4, 0.5) is 18.9 Å². The lowest BCUT2D eigenvalue weighted by molar-refractivity contribution is -0.385. The van der Waals surface area contributed by atoms with Crippen molar-refractivity contribution in [3.63, 3.8) is 0 Å². The Bertz CT molecular complexity index is 1560. The Labute approximate surface area is 239 Å². The van der Waals surface area contributed by atoms with Gasteiger partial charge in [0.15, 0.2) is 0 Å². The lowest BCUT2D eigenvalue weighted by Crippen LogP contribution is -2.48. The number of carbonyl (C=O) groups excluding carboxylic acids is 3. The molecule has 16 heteroatoms. The summed E-state index contributed by atoms with van der Waals surface area (Å²) in [6, 6.07) is 9.13. The highest BCUT2D eigenvalue weighted by Crippen LogP contribution is 2.32.